The van der Waals surface area contributed by atoms with Crippen molar-refractivity contribution < 1.29 is 4.92 Å². The van der Waals surface area contributed by atoms with Crippen molar-refractivity contribution in [2.24, 2.45) is 5.92 Å². The van der Waals surface area contributed by atoms with E-state index in [0.29, 0.717) is 12.0 Å². The van der Waals surface area contributed by atoms with Crippen molar-refractivity contribution in [3.05, 3.63) is 16.3 Å². The molecule has 3 rings (SSSR count). The van der Waals surface area contributed by atoms with E-state index in [1.54, 1.807) is 0 Å². The first-order valence-electron chi connectivity index (χ1n) is 6.81. The summed E-state index contributed by atoms with van der Waals surface area (Å²) in [4.78, 5) is 16.9. The number of piperidine rings is 1. The molecule has 19 heavy (non-hydrogen) atoms. The van der Waals surface area contributed by atoms with Gasteiger partial charge in [0.1, 0.15) is 6.20 Å². The Morgan fingerprint density at radius 1 is 1.53 bits per heavy atom. The third-order valence-electron chi connectivity index (χ3n) is 3.75. The Hall–Kier alpha value is -1.21. The summed E-state index contributed by atoms with van der Waals surface area (Å²) in [5.41, 5.74) is 0. The average Bonchev–Trinajstić information content (AvgIpc) is 3.13. The number of thiazole rings is 1. The largest absolute Gasteiger partial charge is 0.345 e. The minimum Gasteiger partial charge on any atom is -0.345 e. The van der Waals surface area contributed by atoms with Gasteiger partial charge >= 0.3 is 5.00 Å². The smallest absolute Gasteiger partial charge is 0.345 e. The number of hydrogen-bond acceptors (Lipinski definition) is 6. The maximum absolute atomic E-state index is 10.8. The van der Waals surface area contributed by atoms with E-state index in [1.165, 1.54) is 43.2 Å². The van der Waals surface area contributed by atoms with Gasteiger partial charge < -0.3 is 10.2 Å². The Balaban J connectivity index is 1.70. The molecule has 2 heterocycles. The highest BCUT2D eigenvalue weighted by Gasteiger charge is 2.33. The average molecular weight is 282 g/mol. The molecule has 1 N–H and O–H groups in total. The molecule has 0 bridgehead atoms. The van der Waals surface area contributed by atoms with Crippen LogP contribution in [0.15, 0.2) is 6.20 Å². The van der Waals surface area contributed by atoms with Crippen LogP contribution in [0.2, 0.25) is 0 Å². The first-order valence-corrected chi connectivity index (χ1v) is 7.63. The second kappa shape index (κ2) is 5.42. The van der Waals surface area contributed by atoms with E-state index in [4.69, 9.17) is 0 Å². The predicted octanol–water partition coefficient (Wildman–Crippen LogP) is 2.02. The molecule has 6 nitrogen and oxygen atoms in total. The zero-order valence-electron chi connectivity index (χ0n) is 10.7. The van der Waals surface area contributed by atoms with Gasteiger partial charge in [-0.25, -0.2) is 4.98 Å². The van der Waals surface area contributed by atoms with Crippen LogP contribution >= 0.6 is 11.3 Å². The Kier molecular flexibility index (Phi) is 3.65. The molecule has 7 heteroatoms. The van der Waals surface area contributed by atoms with Gasteiger partial charge in [0.25, 0.3) is 0 Å². The Bertz CT molecular complexity index is 454. The molecule has 0 spiro atoms. The lowest BCUT2D eigenvalue weighted by molar-refractivity contribution is -0.380. The van der Waals surface area contributed by atoms with Crippen LogP contribution in [0.5, 0.6) is 0 Å². The normalized spacial score (nSPS) is 23.3. The highest BCUT2D eigenvalue weighted by atomic mass is 32.1. The van der Waals surface area contributed by atoms with Crippen molar-refractivity contribution in [2.75, 3.05) is 24.5 Å². The maximum atomic E-state index is 10.8. The summed E-state index contributed by atoms with van der Waals surface area (Å²) in [5, 5.41) is 15.1. The molecule has 1 aromatic heterocycles. The molecule has 1 saturated carbocycles. The molecule has 2 aliphatic rings. The molecular formula is C12H18N4O2S. The SMILES string of the molecule is O=[N+]([O-])c1cnc(N(CC2CCCNC2)C2CC2)s1. The van der Waals surface area contributed by atoms with Gasteiger partial charge in [-0.15, -0.1) is 0 Å². The van der Waals surface area contributed by atoms with Crippen molar-refractivity contribution in [1.82, 2.24) is 10.3 Å². The summed E-state index contributed by atoms with van der Waals surface area (Å²) in [6.45, 7) is 3.14. The van der Waals surface area contributed by atoms with Crippen LogP contribution in [0.3, 0.4) is 0 Å². The minimum atomic E-state index is -0.353. The number of aromatic nitrogens is 1. The van der Waals surface area contributed by atoms with Crippen molar-refractivity contribution >= 4 is 21.5 Å². The minimum absolute atomic E-state index is 0.141. The molecule has 1 atom stereocenters. The number of rotatable bonds is 5. The molecule has 0 aromatic carbocycles. The summed E-state index contributed by atoms with van der Waals surface area (Å²) in [6, 6.07) is 0.549. The Labute approximate surface area is 116 Å². The zero-order valence-corrected chi connectivity index (χ0v) is 11.6. The molecule has 1 aliphatic carbocycles. The molecular weight excluding hydrogens is 264 g/mol. The van der Waals surface area contributed by atoms with Gasteiger partial charge in [0.05, 0.1) is 4.92 Å². The van der Waals surface area contributed by atoms with E-state index in [2.05, 4.69) is 15.2 Å². The van der Waals surface area contributed by atoms with Gasteiger partial charge in [0, 0.05) is 12.6 Å². The third-order valence-corrected chi connectivity index (χ3v) is 4.73. The molecule has 0 amide bonds. The van der Waals surface area contributed by atoms with Crippen LogP contribution in [0.25, 0.3) is 0 Å². The van der Waals surface area contributed by atoms with E-state index in [1.807, 2.05) is 0 Å². The van der Waals surface area contributed by atoms with Crippen LogP contribution in [0.1, 0.15) is 25.7 Å². The number of anilines is 1. The van der Waals surface area contributed by atoms with Gasteiger partial charge in [0.2, 0.25) is 0 Å². The van der Waals surface area contributed by atoms with Gasteiger partial charge in [-0.05, 0) is 56.0 Å². The van der Waals surface area contributed by atoms with E-state index in [9.17, 15) is 10.1 Å². The number of nitrogens with zero attached hydrogens (tertiary/aromatic N) is 3. The zero-order chi connectivity index (χ0) is 13.2. The van der Waals surface area contributed by atoms with Crippen LogP contribution in [-0.4, -0.2) is 35.6 Å². The quantitative estimate of drug-likeness (QED) is 0.661. The van der Waals surface area contributed by atoms with Crippen molar-refractivity contribution in [1.29, 1.82) is 0 Å². The summed E-state index contributed by atoms with van der Waals surface area (Å²) in [7, 11) is 0. The standard InChI is InChI=1S/C12H18N4O2S/c17-16(18)11-7-14-12(19-11)15(10-3-4-10)8-9-2-1-5-13-6-9/h7,9-10,13H,1-6,8H2. The maximum Gasteiger partial charge on any atom is 0.345 e. The second-order valence-electron chi connectivity index (χ2n) is 5.33. The van der Waals surface area contributed by atoms with E-state index >= 15 is 0 Å². The molecule has 1 saturated heterocycles. The first kappa shape index (κ1) is 12.8. The Morgan fingerprint density at radius 3 is 2.95 bits per heavy atom. The highest BCUT2D eigenvalue weighted by molar-refractivity contribution is 7.18. The van der Waals surface area contributed by atoms with Crippen LogP contribution < -0.4 is 10.2 Å². The van der Waals surface area contributed by atoms with Gasteiger partial charge in [0.15, 0.2) is 5.13 Å². The number of nitrogens with one attached hydrogen (secondary N) is 1. The number of nitro groups is 1. The highest BCUT2D eigenvalue weighted by Crippen LogP contribution is 2.37. The number of hydrogen-bond donors (Lipinski definition) is 1. The van der Waals surface area contributed by atoms with Crippen LogP contribution in [0.4, 0.5) is 10.1 Å². The van der Waals surface area contributed by atoms with Gasteiger partial charge in [-0.1, -0.05) is 0 Å². The van der Waals surface area contributed by atoms with Gasteiger partial charge in [-0.3, -0.25) is 10.1 Å². The summed E-state index contributed by atoms with van der Waals surface area (Å²) in [5.74, 6) is 0.636. The Morgan fingerprint density at radius 2 is 2.37 bits per heavy atom. The lowest BCUT2D eigenvalue weighted by atomic mass is 9.99. The van der Waals surface area contributed by atoms with Crippen molar-refractivity contribution in [3.63, 3.8) is 0 Å². The molecule has 1 unspecified atom stereocenters. The van der Waals surface area contributed by atoms with Crippen LogP contribution in [-0.2, 0) is 0 Å². The molecule has 104 valence electrons. The van der Waals surface area contributed by atoms with Crippen molar-refractivity contribution in [3.8, 4) is 0 Å². The molecule has 1 aromatic rings. The topological polar surface area (TPSA) is 71.3 Å². The predicted molar refractivity (Wildman–Crippen MR) is 74.7 cm³/mol. The fraction of sp³-hybridized carbons (Fsp3) is 0.750. The van der Waals surface area contributed by atoms with Crippen LogP contribution in [0, 0.1) is 16.0 Å². The summed E-state index contributed by atoms with van der Waals surface area (Å²) >= 11 is 1.20. The lowest BCUT2D eigenvalue weighted by Crippen LogP contribution is -2.39. The monoisotopic (exact) mass is 282 g/mol. The fourth-order valence-corrected chi connectivity index (χ4v) is 3.41. The molecule has 0 radical (unpaired) electrons. The van der Waals surface area contributed by atoms with E-state index < -0.39 is 0 Å². The lowest BCUT2D eigenvalue weighted by Gasteiger charge is -2.29. The van der Waals surface area contributed by atoms with Gasteiger partial charge in [-0.2, -0.15) is 0 Å². The van der Waals surface area contributed by atoms with Crippen molar-refractivity contribution in [2.45, 2.75) is 31.7 Å². The third kappa shape index (κ3) is 3.03. The molecule has 2 fully saturated rings. The summed E-state index contributed by atoms with van der Waals surface area (Å²) in [6.07, 6.45) is 6.22. The second-order valence-corrected chi connectivity index (χ2v) is 6.32. The van der Waals surface area contributed by atoms with E-state index in [0.717, 1.165) is 24.8 Å². The fourth-order valence-electron chi connectivity index (χ4n) is 2.60. The molecule has 1 aliphatic heterocycles. The summed E-state index contributed by atoms with van der Waals surface area (Å²) < 4.78 is 0. The van der Waals surface area contributed by atoms with E-state index in [-0.39, 0.29) is 9.92 Å². The first-order chi connectivity index (χ1) is 9.24.